The molecule has 1 saturated carbocycles. The first kappa shape index (κ1) is 10.2. The summed E-state index contributed by atoms with van der Waals surface area (Å²) in [7, 11) is 0. The van der Waals surface area contributed by atoms with Gasteiger partial charge in [-0.3, -0.25) is 0 Å². The highest BCUT2D eigenvalue weighted by Gasteiger charge is 2.36. The lowest BCUT2D eigenvalue weighted by molar-refractivity contribution is 0.523. The van der Waals surface area contributed by atoms with Gasteiger partial charge in [0.1, 0.15) is 0 Å². The van der Waals surface area contributed by atoms with Gasteiger partial charge in [-0.1, -0.05) is 31.9 Å². The number of allylic oxidation sites excluding steroid dienone is 1. The Kier molecular flexibility index (Phi) is 2.96. The van der Waals surface area contributed by atoms with Gasteiger partial charge in [0.2, 0.25) is 0 Å². The Labute approximate surface area is 88.0 Å². The van der Waals surface area contributed by atoms with Gasteiger partial charge in [-0.05, 0) is 43.6 Å². The first-order valence-corrected chi connectivity index (χ1v) is 6.16. The lowest BCUT2D eigenvalue weighted by atomic mass is 9.88. The Bertz CT molecular complexity index is 240. The van der Waals surface area contributed by atoms with Crippen LogP contribution >= 0.6 is 0 Å². The molecule has 0 aromatic heterocycles. The van der Waals surface area contributed by atoms with Gasteiger partial charge in [0.15, 0.2) is 0 Å². The number of hydrogen-bond donors (Lipinski definition) is 1. The van der Waals surface area contributed by atoms with Crippen LogP contribution in [0.4, 0.5) is 0 Å². The molecule has 14 heavy (non-hydrogen) atoms. The molecule has 0 aromatic carbocycles. The van der Waals surface area contributed by atoms with Gasteiger partial charge in [0.25, 0.3) is 0 Å². The quantitative estimate of drug-likeness (QED) is 0.665. The molecule has 1 heterocycles. The molecular weight excluding hydrogens is 170 g/mol. The second-order valence-electron chi connectivity index (χ2n) is 5.12. The van der Waals surface area contributed by atoms with Crippen LogP contribution in [0.15, 0.2) is 11.1 Å². The Morgan fingerprint density at radius 3 is 2.86 bits per heavy atom. The van der Waals surface area contributed by atoms with Crippen LogP contribution in [0.5, 0.6) is 0 Å². The number of rotatable bonds is 2. The fraction of sp³-hybridized carbons (Fsp3) is 0.846. The molecule has 2 unspecified atom stereocenters. The maximum Gasteiger partial charge on any atom is 0.00202 e. The molecule has 1 aliphatic carbocycles. The molecule has 2 rings (SSSR count). The standard InChI is InChI=1S/C13H23N/c1-4-11(9(2)3)12-6-5-10-7-14-8-13(10)12/h9-10,13-14H,4-8H2,1-3H3/b12-11-. The first-order chi connectivity index (χ1) is 6.74. The van der Waals surface area contributed by atoms with Crippen molar-refractivity contribution in [2.75, 3.05) is 13.1 Å². The van der Waals surface area contributed by atoms with Crippen LogP contribution in [0.1, 0.15) is 40.0 Å². The molecule has 0 bridgehead atoms. The minimum absolute atomic E-state index is 0.759. The van der Waals surface area contributed by atoms with Gasteiger partial charge >= 0.3 is 0 Å². The van der Waals surface area contributed by atoms with Crippen molar-refractivity contribution in [1.82, 2.24) is 5.32 Å². The van der Waals surface area contributed by atoms with Crippen LogP contribution in [0.25, 0.3) is 0 Å². The lowest BCUT2D eigenvalue weighted by Gasteiger charge is -2.18. The zero-order chi connectivity index (χ0) is 10.1. The topological polar surface area (TPSA) is 12.0 Å². The summed E-state index contributed by atoms with van der Waals surface area (Å²) in [6, 6.07) is 0. The fourth-order valence-electron chi connectivity index (χ4n) is 3.38. The predicted molar refractivity (Wildman–Crippen MR) is 61.2 cm³/mol. The number of hydrogen-bond acceptors (Lipinski definition) is 1. The normalized spacial score (nSPS) is 35.1. The van der Waals surface area contributed by atoms with Gasteiger partial charge in [-0.2, -0.15) is 0 Å². The van der Waals surface area contributed by atoms with E-state index in [9.17, 15) is 0 Å². The molecule has 0 amide bonds. The summed E-state index contributed by atoms with van der Waals surface area (Å²) in [4.78, 5) is 0. The summed E-state index contributed by atoms with van der Waals surface area (Å²) in [6.45, 7) is 9.53. The molecule has 0 spiro atoms. The van der Waals surface area contributed by atoms with Crippen molar-refractivity contribution < 1.29 is 0 Å². The van der Waals surface area contributed by atoms with Crippen molar-refractivity contribution in [2.24, 2.45) is 17.8 Å². The summed E-state index contributed by atoms with van der Waals surface area (Å²) >= 11 is 0. The molecule has 2 fully saturated rings. The highest BCUT2D eigenvalue weighted by Crippen LogP contribution is 2.42. The van der Waals surface area contributed by atoms with E-state index in [1.807, 2.05) is 5.57 Å². The summed E-state index contributed by atoms with van der Waals surface area (Å²) in [5.74, 6) is 2.62. The maximum atomic E-state index is 3.54. The third-order valence-corrected chi connectivity index (χ3v) is 4.06. The Hall–Kier alpha value is -0.300. The van der Waals surface area contributed by atoms with Crippen LogP contribution in [0.2, 0.25) is 0 Å². The van der Waals surface area contributed by atoms with E-state index in [1.54, 1.807) is 5.57 Å². The summed E-state index contributed by atoms with van der Waals surface area (Å²) in [5.41, 5.74) is 3.57. The average Bonchev–Trinajstić information content (AvgIpc) is 2.69. The van der Waals surface area contributed by atoms with E-state index in [4.69, 9.17) is 0 Å². The molecule has 0 aromatic rings. The monoisotopic (exact) mass is 193 g/mol. The van der Waals surface area contributed by atoms with Gasteiger partial charge in [0.05, 0.1) is 0 Å². The molecule has 1 N–H and O–H groups in total. The maximum absolute atomic E-state index is 3.54. The smallest absolute Gasteiger partial charge is 0.00202 e. The number of nitrogens with one attached hydrogen (secondary N) is 1. The summed E-state index contributed by atoms with van der Waals surface area (Å²) < 4.78 is 0. The van der Waals surface area contributed by atoms with Gasteiger partial charge in [0, 0.05) is 6.54 Å². The van der Waals surface area contributed by atoms with Gasteiger partial charge in [-0.25, -0.2) is 0 Å². The Morgan fingerprint density at radius 2 is 2.21 bits per heavy atom. The molecule has 2 aliphatic rings. The zero-order valence-electron chi connectivity index (χ0n) is 9.77. The van der Waals surface area contributed by atoms with E-state index in [0.717, 1.165) is 17.8 Å². The highest BCUT2D eigenvalue weighted by atomic mass is 14.9. The van der Waals surface area contributed by atoms with Crippen molar-refractivity contribution in [3.63, 3.8) is 0 Å². The third-order valence-electron chi connectivity index (χ3n) is 4.06. The molecule has 1 heteroatoms. The molecule has 0 radical (unpaired) electrons. The van der Waals surface area contributed by atoms with Crippen LogP contribution in [0, 0.1) is 17.8 Å². The average molecular weight is 193 g/mol. The largest absolute Gasteiger partial charge is 0.316 e. The van der Waals surface area contributed by atoms with Gasteiger partial charge in [-0.15, -0.1) is 0 Å². The first-order valence-electron chi connectivity index (χ1n) is 6.16. The SMILES string of the molecule is CC/C(=C1\CCC2CNCC12)C(C)C. The van der Waals surface area contributed by atoms with Crippen molar-refractivity contribution in [3.05, 3.63) is 11.1 Å². The van der Waals surface area contributed by atoms with E-state index in [1.165, 1.54) is 32.4 Å². The Morgan fingerprint density at radius 1 is 1.43 bits per heavy atom. The van der Waals surface area contributed by atoms with E-state index in [-0.39, 0.29) is 0 Å². The van der Waals surface area contributed by atoms with Crippen molar-refractivity contribution >= 4 is 0 Å². The third kappa shape index (κ3) is 1.63. The molecule has 2 atom stereocenters. The van der Waals surface area contributed by atoms with E-state index in [0.29, 0.717) is 0 Å². The minimum atomic E-state index is 0.759. The second-order valence-corrected chi connectivity index (χ2v) is 5.12. The van der Waals surface area contributed by atoms with Crippen LogP contribution in [-0.4, -0.2) is 13.1 Å². The summed E-state index contributed by atoms with van der Waals surface area (Å²) in [5, 5.41) is 3.54. The Balaban J connectivity index is 2.23. The molecule has 1 aliphatic heterocycles. The highest BCUT2D eigenvalue weighted by molar-refractivity contribution is 5.25. The molecule has 1 saturated heterocycles. The second kappa shape index (κ2) is 4.06. The van der Waals surface area contributed by atoms with Crippen LogP contribution < -0.4 is 5.32 Å². The molecular formula is C13H23N. The summed E-state index contributed by atoms with van der Waals surface area (Å²) in [6.07, 6.45) is 4.08. The predicted octanol–water partition coefficient (Wildman–Crippen LogP) is 2.98. The van der Waals surface area contributed by atoms with E-state index >= 15 is 0 Å². The zero-order valence-corrected chi connectivity index (χ0v) is 9.77. The molecule has 1 nitrogen and oxygen atoms in total. The van der Waals surface area contributed by atoms with Crippen LogP contribution in [-0.2, 0) is 0 Å². The van der Waals surface area contributed by atoms with Gasteiger partial charge < -0.3 is 5.32 Å². The molecule has 80 valence electrons. The van der Waals surface area contributed by atoms with E-state index in [2.05, 4.69) is 26.1 Å². The number of fused-ring (bicyclic) bond motifs is 1. The van der Waals surface area contributed by atoms with Crippen molar-refractivity contribution in [1.29, 1.82) is 0 Å². The van der Waals surface area contributed by atoms with Crippen molar-refractivity contribution in [2.45, 2.75) is 40.0 Å². The fourth-order valence-corrected chi connectivity index (χ4v) is 3.38. The van der Waals surface area contributed by atoms with E-state index < -0.39 is 0 Å². The lowest BCUT2D eigenvalue weighted by Crippen LogP contribution is -2.12. The van der Waals surface area contributed by atoms with Crippen molar-refractivity contribution in [3.8, 4) is 0 Å². The van der Waals surface area contributed by atoms with Crippen LogP contribution in [0.3, 0.4) is 0 Å². The minimum Gasteiger partial charge on any atom is -0.316 e.